The van der Waals surface area contributed by atoms with Gasteiger partial charge in [-0.2, -0.15) is 0 Å². The van der Waals surface area contributed by atoms with Crippen molar-refractivity contribution in [3.8, 4) is 0 Å². The number of nitrogens with zero attached hydrogens (tertiary/aromatic N) is 1. The van der Waals surface area contributed by atoms with Gasteiger partial charge >= 0.3 is 17.9 Å². The van der Waals surface area contributed by atoms with E-state index in [1.807, 2.05) is 21.1 Å². The van der Waals surface area contributed by atoms with E-state index in [1.54, 1.807) is 0 Å². The first kappa shape index (κ1) is 97.7. The Morgan fingerprint density at radius 2 is 0.524 bits per heavy atom. The van der Waals surface area contributed by atoms with Crippen molar-refractivity contribution in [1.82, 2.24) is 0 Å². The Morgan fingerprint density at radius 3 is 0.777 bits per heavy atom. The number of allylic oxidation sites excluding steroid dienone is 28. The Morgan fingerprint density at radius 1 is 0.291 bits per heavy atom. The third-order valence-corrected chi connectivity index (χ3v) is 18.0. The molecule has 0 radical (unpaired) electrons. The van der Waals surface area contributed by atoms with Crippen molar-refractivity contribution >= 4 is 17.9 Å². The molecule has 0 fully saturated rings. The lowest BCUT2D eigenvalue weighted by atomic mass is 10.0. The van der Waals surface area contributed by atoms with E-state index in [-0.39, 0.29) is 32.2 Å². The van der Waals surface area contributed by atoms with Crippen molar-refractivity contribution in [3.63, 3.8) is 0 Å². The molecule has 0 aromatic rings. The fourth-order valence-corrected chi connectivity index (χ4v) is 11.6. The first-order valence-corrected chi connectivity index (χ1v) is 42.3. The quantitative estimate of drug-likeness (QED) is 0.0211. The van der Waals surface area contributed by atoms with Crippen LogP contribution >= 0.6 is 0 Å². The van der Waals surface area contributed by atoms with Gasteiger partial charge in [0.15, 0.2) is 6.10 Å². The fourth-order valence-electron chi connectivity index (χ4n) is 11.6. The number of hydrogen-bond acceptors (Lipinski definition) is 7. The Labute approximate surface area is 635 Å². The Balaban J connectivity index is 4.05. The summed E-state index contributed by atoms with van der Waals surface area (Å²) in [5.74, 6) is -2.01. The average Bonchev–Trinajstić information content (AvgIpc) is 0.985. The van der Waals surface area contributed by atoms with Crippen molar-refractivity contribution in [3.05, 3.63) is 170 Å². The highest BCUT2D eigenvalue weighted by Crippen LogP contribution is 2.19. The number of aliphatic carboxylic acids is 1. The Kier molecular flexibility index (Phi) is 78.0. The van der Waals surface area contributed by atoms with Crippen LogP contribution < -0.4 is 0 Å². The number of esters is 2. The van der Waals surface area contributed by atoms with Crippen LogP contribution in [0, 0.1) is 0 Å². The second-order valence-electron chi connectivity index (χ2n) is 29.0. The average molecular weight is 1430 g/mol. The predicted molar refractivity (Wildman–Crippen MR) is 446 cm³/mol. The summed E-state index contributed by atoms with van der Waals surface area (Å²) in [6.45, 7) is 4.66. The molecule has 1 N–H and O–H groups in total. The lowest BCUT2D eigenvalue weighted by molar-refractivity contribution is -0.870. The van der Waals surface area contributed by atoms with E-state index >= 15 is 0 Å². The van der Waals surface area contributed by atoms with Crippen LogP contribution in [0.25, 0.3) is 0 Å². The molecule has 0 amide bonds. The molecular formula is C94H158NO8+. The molecule has 0 spiro atoms. The largest absolute Gasteiger partial charge is 0.477 e. The molecule has 2 unspecified atom stereocenters. The van der Waals surface area contributed by atoms with Gasteiger partial charge in [0.2, 0.25) is 0 Å². The molecule has 103 heavy (non-hydrogen) atoms. The van der Waals surface area contributed by atoms with E-state index in [1.165, 1.54) is 180 Å². The van der Waals surface area contributed by atoms with Crippen molar-refractivity contribution in [1.29, 1.82) is 0 Å². The third kappa shape index (κ3) is 83.8. The summed E-state index contributed by atoms with van der Waals surface area (Å²) in [4.78, 5) is 37.8. The second kappa shape index (κ2) is 82.3. The molecule has 0 aromatic carbocycles. The number of carboxylic acid groups (broad SMARTS) is 1. The van der Waals surface area contributed by atoms with E-state index in [9.17, 15) is 19.5 Å². The number of ether oxygens (including phenoxy) is 4. The fraction of sp³-hybridized carbons (Fsp3) is 0.670. The Bertz CT molecular complexity index is 2310. The van der Waals surface area contributed by atoms with E-state index in [0.717, 1.165) is 135 Å². The third-order valence-electron chi connectivity index (χ3n) is 18.0. The summed E-state index contributed by atoms with van der Waals surface area (Å²) in [6, 6.07) is 0. The molecule has 9 nitrogen and oxygen atoms in total. The van der Waals surface area contributed by atoms with Gasteiger partial charge in [-0.3, -0.25) is 9.59 Å². The molecular weight excluding hydrogens is 1270 g/mol. The molecule has 0 saturated heterocycles. The van der Waals surface area contributed by atoms with Crippen LogP contribution in [0.4, 0.5) is 0 Å². The van der Waals surface area contributed by atoms with Crippen molar-refractivity contribution in [2.45, 2.75) is 360 Å². The lowest BCUT2D eigenvalue weighted by Gasteiger charge is -2.25. The normalized spacial score (nSPS) is 13.5. The lowest BCUT2D eigenvalue weighted by Crippen LogP contribution is -2.40. The number of carboxylic acids is 1. The Hall–Kier alpha value is -5.35. The number of hydrogen-bond donors (Lipinski definition) is 1. The summed E-state index contributed by atoms with van der Waals surface area (Å²) in [5, 5.41) is 9.79. The molecule has 2 atom stereocenters. The van der Waals surface area contributed by atoms with E-state index < -0.39 is 24.3 Å². The van der Waals surface area contributed by atoms with Crippen LogP contribution in [0.15, 0.2) is 170 Å². The number of carbonyl (C=O) groups is 3. The number of carbonyl (C=O) groups excluding carboxylic acids is 2. The minimum absolute atomic E-state index is 0.180. The van der Waals surface area contributed by atoms with Gasteiger partial charge in [-0.15, -0.1) is 0 Å². The maximum Gasteiger partial charge on any atom is 0.361 e. The summed E-state index contributed by atoms with van der Waals surface area (Å²) in [7, 11) is 5.98. The van der Waals surface area contributed by atoms with Gasteiger partial charge in [0, 0.05) is 12.8 Å². The maximum atomic E-state index is 13.0. The standard InChI is InChI=1S/C94H157NO8/c1-6-8-10-12-14-16-18-20-22-24-26-28-30-32-34-36-38-40-42-44-46-48-50-52-54-56-58-60-62-64-66-68-70-72-74-76-78-80-82-84-91(96)101-88-90(89-102-94(93(98)99)100-87-86-95(3,4)5)103-92(97)85-83-81-79-77-75-73-71-69-67-65-63-61-59-57-55-53-51-49-47-45-43-41-39-37-35-33-31-29-27-25-23-21-19-17-15-13-11-9-7-2/h8-11,14-17,20-23,26-29,33,35,39,41,45,47,51,53,57,59,63,65,90,94H,6-7,12-13,18-19,24-25,30-32,34,36-38,40,42-44,46,48-50,52,54-56,58,60-62,64,66-89H2,1-5H3/p+1/b10-8-,11-9-,16-14-,17-15-,22-20-,23-21-,28-26-,29-27-,35-33-,41-39-,47-45-,53-51-,59-57-,65-63-. The molecule has 0 rings (SSSR count). The molecule has 0 heterocycles. The zero-order chi connectivity index (χ0) is 74.6. The van der Waals surface area contributed by atoms with Gasteiger partial charge in [-0.25, -0.2) is 4.79 Å². The highest BCUT2D eigenvalue weighted by Gasteiger charge is 2.25. The maximum absolute atomic E-state index is 13.0. The van der Waals surface area contributed by atoms with Crippen LogP contribution in [0.2, 0.25) is 0 Å². The van der Waals surface area contributed by atoms with Gasteiger partial charge in [0.1, 0.15) is 13.2 Å². The van der Waals surface area contributed by atoms with Crippen LogP contribution in [0.5, 0.6) is 0 Å². The topological polar surface area (TPSA) is 108 Å². The SMILES string of the molecule is CC/C=C\C/C=C\C/C=C\C/C=C\C/C=C\C/C=C\C/C=C\C/C=C\C/C=C\C/C=C\CCCCCCCCCCC(=O)OC(COC(=O)CCCCCCCCCCCCCCCCCCCCCCCCCCCC/C=C\C/C=C\C/C=C\C/C=C\CC)COC(OCC[N+](C)(C)C)C(=O)O. The molecule has 0 aliphatic carbocycles. The van der Waals surface area contributed by atoms with Gasteiger partial charge < -0.3 is 28.5 Å². The zero-order valence-corrected chi connectivity index (χ0v) is 67.2. The summed E-state index contributed by atoms with van der Waals surface area (Å²) in [6.07, 6.45) is 121. The number of likely N-dealkylation sites (N-methyl/N-ethyl adjacent to an activating group) is 1. The van der Waals surface area contributed by atoms with Crippen LogP contribution in [-0.4, -0.2) is 87.4 Å². The van der Waals surface area contributed by atoms with Crippen molar-refractivity contribution in [2.75, 3.05) is 47.5 Å². The minimum Gasteiger partial charge on any atom is -0.477 e. The molecule has 0 bridgehead atoms. The van der Waals surface area contributed by atoms with Crippen LogP contribution in [-0.2, 0) is 33.3 Å². The number of unbranched alkanes of at least 4 members (excludes halogenated alkanes) is 34. The van der Waals surface area contributed by atoms with Crippen LogP contribution in [0.1, 0.15) is 348 Å². The number of rotatable bonds is 77. The number of quaternary nitrogens is 1. The van der Waals surface area contributed by atoms with E-state index in [4.69, 9.17) is 18.9 Å². The molecule has 0 saturated carbocycles. The van der Waals surface area contributed by atoms with E-state index in [0.29, 0.717) is 23.9 Å². The molecule has 586 valence electrons. The second-order valence-corrected chi connectivity index (χ2v) is 29.0. The van der Waals surface area contributed by atoms with Crippen molar-refractivity contribution < 1.29 is 42.9 Å². The van der Waals surface area contributed by atoms with Gasteiger partial charge in [0.05, 0.1) is 34.4 Å². The molecule has 0 aliphatic rings. The first-order valence-electron chi connectivity index (χ1n) is 42.3. The smallest absolute Gasteiger partial charge is 0.361 e. The summed E-state index contributed by atoms with van der Waals surface area (Å²) in [5.41, 5.74) is 0. The molecule has 0 aliphatic heterocycles. The van der Waals surface area contributed by atoms with Gasteiger partial charge in [-0.1, -0.05) is 377 Å². The molecule has 9 heteroatoms. The highest BCUT2D eigenvalue weighted by atomic mass is 16.7. The highest BCUT2D eigenvalue weighted by molar-refractivity contribution is 5.71. The van der Waals surface area contributed by atoms with Crippen molar-refractivity contribution in [2.24, 2.45) is 0 Å². The monoisotopic (exact) mass is 1430 g/mol. The van der Waals surface area contributed by atoms with Gasteiger partial charge in [-0.05, 0) is 128 Å². The van der Waals surface area contributed by atoms with Crippen LogP contribution in [0.3, 0.4) is 0 Å². The summed E-state index contributed by atoms with van der Waals surface area (Å²) >= 11 is 0. The zero-order valence-electron chi connectivity index (χ0n) is 67.2. The summed E-state index contributed by atoms with van der Waals surface area (Å²) < 4.78 is 23.1. The predicted octanol–water partition coefficient (Wildman–Crippen LogP) is 27.7. The molecule has 0 aromatic heterocycles. The first-order chi connectivity index (χ1) is 50.6. The minimum atomic E-state index is -1.52. The van der Waals surface area contributed by atoms with Gasteiger partial charge in [0.25, 0.3) is 6.29 Å². The van der Waals surface area contributed by atoms with E-state index in [2.05, 4.69) is 184 Å².